The fraction of sp³-hybridized carbons (Fsp3) is 0.333. The lowest BCUT2D eigenvalue weighted by Crippen LogP contribution is -2.34. The summed E-state index contributed by atoms with van der Waals surface area (Å²) in [6, 6.07) is 11.1. The Morgan fingerprint density at radius 1 is 1.09 bits per heavy atom. The molecule has 0 saturated carbocycles. The second-order valence-electron chi connectivity index (χ2n) is 5.34. The molecule has 0 aliphatic rings. The highest BCUT2D eigenvalue weighted by molar-refractivity contribution is 5.98. The fourth-order valence-electron chi connectivity index (χ4n) is 2.30. The van der Waals surface area contributed by atoms with E-state index in [2.05, 4.69) is 5.32 Å². The Hall–Kier alpha value is -2.56. The number of hydrogen-bond donors (Lipinski definition) is 1. The molecular weight excluding hydrogens is 292 g/mol. The first kappa shape index (κ1) is 16.8. The predicted molar refractivity (Wildman–Crippen MR) is 89.5 cm³/mol. The zero-order valence-corrected chi connectivity index (χ0v) is 13.8. The van der Waals surface area contributed by atoms with Gasteiger partial charge in [-0.1, -0.05) is 32.0 Å². The summed E-state index contributed by atoms with van der Waals surface area (Å²) in [5.74, 6) is 0.474. The number of amides is 2. The van der Waals surface area contributed by atoms with Crippen LogP contribution in [0.4, 0.5) is 5.69 Å². The monoisotopic (exact) mass is 314 g/mol. The Balaban J connectivity index is 1.97. The van der Waals surface area contributed by atoms with Crippen LogP contribution in [0.25, 0.3) is 0 Å². The Bertz CT molecular complexity index is 691. The summed E-state index contributed by atoms with van der Waals surface area (Å²) in [5, 5.41) is 2.85. The molecule has 0 aliphatic carbocycles. The van der Waals surface area contributed by atoms with E-state index < -0.39 is 0 Å². The van der Waals surface area contributed by atoms with Gasteiger partial charge in [-0.2, -0.15) is 0 Å². The zero-order valence-electron chi connectivity index (χ0n) is 13.8. The topological polar surface area (TPSA) is 62.6 Å². The number of anilines is 1. The molecule has 2 rings (SSSR count). The smallest absolute Gasteiger partial charge is 0.289 e. The summed E-state index contributed by atoms with van der Waals surface area (Å²) in [4.78, 5) is 25.7. The summed E-state index contributed by atoms with van der Waals surface area (Å²) >= 11 is 0. The van der Waals surface area contributed by atoms with Crippen molar-refractivity contribution in [2.24, 2.45) is 0 Å². The van der Waals surface area contributed by atoms with E-state index in [4.69, 9.17) is 4.42 Å². The standard InChI is InChI=1S/C18H22N2O3/c1-4-13-8-6-7-9-15(13)19-17(21)12-20(3)18(22)16-11-10-14(5-2)23-16/h6-11H,4-5,12H2,1-3H3,(H,19,21). The van der Waals surface area contributed by atoms with Gasteiger partial charge < -0.3 is 14.6 Å². The van der Waals surface area contributed by atoms with E-state index in [1.165, 1.54) is 4.90 Å². The van der Waals surface area contributed by atoms with Gasteiger partial charge in [-0.25, -0.2) is 0 Å². The highest BCUT2D eigenvalue weighted by Crippen LogP contribution is 2.15. The van der Waals surface area contributed by atoms with Crippen molar-refractivity contribution in [2.75, 3.05) is 18.9 Å². The average Bonchev–Trinajstić information content (AvgIpc) is 3.03. The third-order valence-electron chi connectivity index (χ3n) is 3.62. The molecule has 122 valence electrons. The van der Waals surface area contributed by atoms with Crippen molar-refractivity contribution in [2.45, 2.75) is 26.7 Å². The summed E-state index contributed by atoms with van der Waals surface area (Å²) in [7, 11) is 1.59. The lowest BCUT2D eigenvalue weighted by molar-refractivity contribution is -0.116. The van der Waals surface area contributed by atoms with Gasteiger partial charge in [-0.05, 0) is 30.2 Å². The third-order valence-corrected chi connectivity index (χ3v) is 3.62. The first-order chi connectivity index (χ1) is 11.0. The number of likely N-dealkylation sites (N-methyl/N-ethyl adjacent to an activating group) is 1. The molecule has 0 fully saturated rings. The van der Waals surface area contributed by atoms with Gasteiger partial charge in [-0.15, -0.1) is 0 Å². The van der Waals surface area contributed by atoms with E-state index in [9.17, 15) is 9.59 Å². The first-order valence-corrected chi connectivity index (χ1v) is 7.77. The number of hydrogen-bond acceptors (Lipinski definition) is 3. The van der Waals surface area contributed by atoms with Crippen LogP contribution in [-0.4, -0.2) is 30.3 Å². The second kappa shape index (κ2) is 7.63. The number of aryl methyl sites for hydroxylation is 2. The molecule has 1 aromatic heterocycles. The maximum absolute atomic E-state index is 12.2. The van der Waals surface area contributed by atoms with Gasteiger partial charge in [0.1, 0.15) is 5.76 Å². The highest BCUT2D eigenvalue weighted by Gasteiger charge is 2.18. The number of nitrogens with one attached hydrogen (secondary N) is 1. The maximum atomic E-state index is 12.2. The molecule has 2 amide bonds. The van der Waals surface area contributed by atoms with Crippen molar-refractivity contribution in [1.29, 1.82) is 0 Å². The number of carbonyl (C=O) groups is 2. The minimum absolute atomic E-state index is 0.0287. The summed E-state index contributed by atoms with van der Waals surface area (Å²) in [6.07, 6.45) is 1.56. The van der Waals surface area contributed by atoms with E-state index >= 15 is 0 Å². The van der Waals surface area contributed by atoms with Crippen LogP contribution in [0.1, 0.15) is 35.7 Å². The lowest BCUT2D eigenvalue weighted by Gasteiger charge is -2.16. The van der Waals surface area contributed by atoms with Crippen LogP contribution in [0.3, 0.4) is 0 Å². The molecule has 0 aliphatic heterocycles. The van der Waals surface area contributed by atoms with Gasteiger partial charge in [0.05, 0.1) is 6.54 Å². The Morgan fingerprint density at radius 3 is 2.48 bits per heavy atom. The number of para-hydroxylation sites is 1. The van der Waals surface area contributed by atoms with Gasteiger partial charge >= 0.3 is 0 Å². The Kier molecular flexibility index (Phi) is 5.57. The molecule has 0 saturated heterocycles. The van der Waals surface area contributed by atoms with E-state index in [0.717, 1.165) is 29.9 Å². The zero-order chi connectivity index (χ0) is 16.8. The van der Waals surface area contributed by atoms with Crippen LogP contribution in [0, 0.1) is 0 Å². The normalized spacial score (nSPS) is 10.4. The van der Waals surface area contributed by atoms with Gasteiger partial charge in [0.15, 0.2) is 5.76 Å². The van der Waals surface area contributed by atoms with Crippen LogP contribution in [0.15, 0.2) is 40.8 Å². The molecule has 5 heteroatoms. The van der Waals surface area contributed by atoms with E-state index in [1.54, 1.807) is 19.2 Å². The molecule has 0 spiro atoms. The number of nitrogens with zero attached hydrogens (tertiary/aromatic N) is 1. The predicted octanol–water partition coefficient (Wildman–Crippen LogP) is 3.12. The van der Waals surface area contributed by atoms with Crippen LogP contribution in [0.2, 0.25) is 0 Å². The minimum Gasteiger partial charge on any atom is -0.456 e. The highest BCUT2D eigenvalue weighted by atomic mass is 16.4. The Labute approximate surface area is 136 Å². The Morgan fingerprint density at radius 2 is 1.83 bits per heavy atom. The SMILES string of the molecule is CCc1ccc(C(=O)N(C)CC(=O)Nc2ccccc2CC)o1. The number of benzene rings is 1. The number of furan rings is 1. The van der Waals surface area contributed by atoms with Crippen molar-refractivity contribution in [3.8, 4) is 0 Å². The van der Waals surface area contributed by atoms with Crippen molar-refractivity contribution in [3.05, 3.63) is 53.5 Å². The maximum Gasteiger partial charge on any atom is 0.289 e. The quantitative estimate of drug-likeness (QED) is 0.891. The molecule has 1 heterocycles. The second-order valence-corrected chi connectivity index (χ2v) is 5.34. The number of rotatable bonds is 6. The molecule has 0 radical (unpaired) electrons. The van der Waals surface area contributed by atoms with Gasteiger partial charge in [0, 0.05) is 19.2 Å². The van der Waals surface area contributed by atoms with Crippen molar-refractivity contribution in [1.82, 2.24) is 4.90 Å². The van der Waals surface area contributed by atoms with Crippen LogP contribution < -0.4 is 5.32 Å². The molecule has 1 aromatic carbocycles. The van der Waals surface area contributed by atoms with Gasteiger partial charge in [0.25, 0.3) is 5.91 Å². The van der Waals surface area contributed by atoms with Gasteiger partial charge in [-0.3, -0.25) is 9.59 Å². The molecule has 0 bridgehead atoms. The van der Waals surface area contributed by atoms with Crippen molar-refractivity contribution >= 4 is 17.5 Å². The van der Waals surface area contributed by atoms with Gasteiger partial charge in [0.2, 0.25) is 5.91 Å². The van der Waals surface area contributed by atoms with Crippen LogP contribution in [0.5, 0.6) is 0 Å². The molecule has 2 aromatic rings. The molecular formula is C18H22N2O3. The van der Waals surface area contributed by atoms with E-state index in [1.807, 2.05) is 38.1 Å². The van der Waals surface area contributed by atoms with E-state index in [0.29, 0.717) is 0 Å². The largest absolute Gasteiger partial charge is 0.456 e. The van der Waals surface area contributed by atoms with E-state index in [-0.39, 0.29) is 24.1 Å². The average molecular weight is 314 g/mol. The molecule has 1 N–H and O–H groups in total. The van der Waals surface area contributed by atoms with Crippen molar-refractivity contribution in [3.63, 3.8) is 0 Å². The van der Waals surface area contributed by atoms with Crippen LogP contribution >= 0.6 is 0 Å². The molecule has 0 atom stereocenters. The molecule has 5 nitrogen and oxygen atoms in total. The first-order valence-electron chi connectivity index (χ1n) is 7.77. The van der Waals surface area contributed by atoms with Crippen LogP contribution in [-0.2, 0) is 17.6 Å². The summed E-state index contributed by atoms with van der Waals surface area (Å²) < 4.78 is 5.43. The number of carbonyl (C=O) groups excluding carboxylic acids is 2. The third kappa shape index (κ3) is 4.22. The summed E-state index contributed by atoms with van der Waals surface area (Å²) in [6.45, 7) is 3.96. The molecule has 23 heavy (non-hydrogen) atoms. The minimum atomic E-state index is -0.302. The fourth-order valence-corrected chi connectivity index (χ4v) is 2.30. The van der Waals surface area contributed by atoms with Crippen molar-refractivity contribution < 1.29 is 14.0 Å². The summed E-state index contributed by atoms with van der Waals surface area (Å²) in [5.41, 5.74) is 1.85. The molecule has 0 unspecified atom stereocenters. The lowest BCUT2D eigenvalue weighted by atomic mass is 10.1.